The number of hydrogen-bond donors (Lipinski definition) is 1. The molecule has 0 radical (unpaired) electrons. The molecule has 0 atom stereocenters. The quantitative estimate of drug-likeness (QED) is 0.832. The van der Waals surface area contributed by atoms with Crippen molar-refractivity contribution in [3.05, 3.63) is 17.0 Å². The van der Waals surface area contributed by atoms with Gasteiger partial charge in [-0.05, 0) is 39.3 Å². The highest BCUT2D eigenvalue weighted by atomic mass is 15.4. The van der Waals surface area contributed by atoms with Crippen LogP contribution in [-0.4, -0.2) is 40.4 Å². The number of nitrogens with one attached hydrogen (secondary N) is 1. The first-order valence-electron chi connectivity index (χ1n) is 6.68. The highest BCUT2D eigenvalue weighted by molar-refractivity contribution is 5.28. The van der Waals surface area contributed by atoms with Crippen molar-refractivity contribution in [2.45, 2.75) is 45.8 Å². The van der Waals surface area contributed by atoms with E-state index in [1.54, 1.807) is 0 Å². The molecule has 4 heteroatoms. The zero-order chi connectivity index (χ0) is 12.0. The lowest BCUT2D eigenvalue weighted by molar-refractivity contribution is 0.0653. The Hall–Kier alpha value is -0.870. The molecule has 0 saturated carbocycles. The lowest BCUT2D eigenvalue weighted by Crippen LogP contribution is -2.51. The molecule has 2 aliphatic rings. The van der Waals surface area contributed by atoms with Gasteiger partial charge in [-0.1, -0.05) is 0 Å². The first-order chi connectivity index (χ1) is 8.16. The maximum Gasteiger partial charge on any atom is 0.0776 e. The van der Waals surface area contributed by atoms with E-state index in [0.717, 1.165) is 32.6 Å². The predicted octanol–water partition coefficient (Wildman–Crippen LogP) is 1.10. The van der Waals surface area contributed by atoms with Crippen LogP contribution in [0.4, 0.5) is 0 Å². The molecule has 1 fully saturated rings. The van der Waals surface area contributed by atoms with Crippen molar-refractivity contribution in [3.8, 4) is 0 Å². The van der Waals surface area contributed by atoms with Crippen LogP contribution in [0.3, 0.4) is 0 Å². The fourth-order valence-corrected chi connectivity index (χ4v) is 2.93. The molecule has 17 heavy (non-hydrogen) atoms. The van der Waals surface area contributed by atoms with E-state index < -0.39 is 0 Å². The number of rotatable bonds is 2. The van der Waals surface area contributed by atoms with Gasteiger partial charge in [-0.3, -0.25) is 9.58 Å². The molecule has 94 valence electrons. The zero-order valence-corrected chi connectivity index (χ0v) is 11.0. The largest absolute Gasteiger partial charge is 0.311 e. The van der Waals surface area contributed by atoms with Crippen molar-refractivity contribution in [3.63, 3.8) is 0 Å². The molecule has 0 aliphatic carbocycles. The molecule has 0 aromatic carbocycles. The van der Waals surface area contributed by atoms with Gasteiger partial charge in [0.15, 0.2) is 0 Å². The molecule has 0 bridgehead atoms. The monoisotopic (exact) mass is 234 g/mol. The van der Waals surface area contributed by atoms with Crippen LogP contribution in [0, 0.1) is 6.92 Å². The fourth-order valence-electron chi connectivity index (χ4n) is 2.93. The molecule has 3 rings (SSSR count). The Morgan fingerprint density at radius 1 is 1.35 bits per heavy atom. The Bertz CT molecular complexity index is 415. The fraction of sp³-hybridized carbons (Fsp3) is 0.769. The lowest BCUT2D eigenvalue weighted by atomic mass is 10.0. The Labute approximate surface area is 103 Å². The third kappa shape index (κ3) is 1.79. The van der Waals surface area contributed by atoms with Gasteiger partial charge in [-0.2, -0.15) is 5.10 Å². The van der Waals surface area contributed by atoms with E-state index in [-0.39, 0.29) is 0 Å². The lowest BCUT2D eigenvalue weighted by Gasteiger charge is -2.42. The van der Waals surface area contributed by atoms with Crippen molar-refractivity contribution >= 4 is 0 Å². The average molecular weight is 234 g/mol. The predicted molar refractivity (Wildman–Crippen MR) is 68.1 cm³/mol. The molecule has 1 aromatic heterocycles. The van der Waals surface area contributed by atoms with Crippen molar-refractivity contribution in [2.75, 3.05) is 19.6 Å². The minimum Gasteiger partial charge on any atom is -0.311 e. The third-order valence-corrected chi connectivity index (χ3v) is 4.13. The van der Waals surface area contributed by atoms with Crippen molar-refractivity contribution in [1.29, 1.82) is 0 Å². The molecule has 0 unspecified atom stereocenters. The van der Waals surface area contributed by atoms with Crippen LogP contribution in [0.2, 0.25) is 0 Å². The van der Waals surface area contributed by atoms with Crippen molar-refractivity contribution < 1.29 is 0 Å². The molecule has 4 nitrogen and oxygen atoms in total. The summed E-state index contributed by atoms with van der Waals surface area (Å²) >= 11 is 0. The Morgan fingerprint density at radius 2 is 2.12 bits per heavy atom. The molecular formula is C13H22N4. The van der Waals surface area contributed by atoms with Crippen LogP contribution in [0.5, 0.6) is 0 Å². The van der Waals surface area contributed by atoms with Crippen LogP contribution >= 0.6 is 0 Å². The third-order valence-electron chi connectivity index (χ3n) is 4.13. The van der Waals surface area contributed by atoms with Crippen LogP contribution in [0.25, 0.3) is 0 Å². The second kappa shape index (κ2) is 4.10. The number of aryl methyl sites for hydroxylation is 1. The van der Waals surface area contributed by atoms with Gasteiger partial charge in [0.1, 0.15) is 0 Å². The number of nitrogens with zero attached hydrogens (tertiary/aromatic N) is 3. The van der Waals surface area contributed by atoms with Gasteiger partial charge < -0.3 is 5.32 Å². The van der Waals surface area contributed by atoms with Gasteiger partial charge in [0, 0.05) is 25.7 Å². The first-order valence-corrected chi connectivity index (χ1v) is 6.68. The van der Waals surface area contributed by atoms with Gasteiger partial charge in [0.2, 0.25) is 0 Å². The van der Waals surface area contributed by atoms with Gasteiger partial charge in [0.25, 0.3) is 0 Å². The summed E-state index contributed by atoms with van der Waals surface area (Å²) in [5.74, 6) is 0. The Balaban J connectivity index is 1.81. The number of aromatic nitrogens is 2. The van der Waals surface area contributed by atoms with Crippen LogP contribution < -0.4 is 5.32 Å². The molecule has 0 spiro atoms. The second-order valence-corrected chi connectivity index (χ2v) is 5.58. The molecule has 1 saturated heterocycles. The Kier molecular flexibility index (Phi) is 2.71. The molecular weight excluding hydrogens is 212 g/mol. The van der Waals surface area contributed by atoms with E-state index in [4.69, 9.17) is 5.10 Å². The second-order valence-electron chi connectivity index (χ2n) is 5.58. The number of hydrogen-bond acceptors (Lipinski definition) is 3. The summed E-state index contributed by atoms with van der Waals surface area (Å²) in [6.07, 6.45) is 1.14. The summed E-state index contributed by atoms with van der Waals surface area (Å²) in [6.45, 7) is 11.1. The highest BCUT2D eigenvalue weighted by Crippen LogP contribution is 2.28. The SMILES string of the molecule is Cc1nn(C2CN(C(C)C)C2)c2c1CCNC2. The highest BCUT2D eigenvalue weighted by Gasteiger charge is 2.33. The Morgan fingerprint density at radius 3 is 2.82 bits per heavy atom. The van der Waals surface area contributed by atoms with Gasteiger partial charge in [0.05, 0.1) is 17.4 Å². The topological polar surface area (TPSA) is 33.1 Å². The molecule has 1 aromatic rings. The van der Waals surface area contributed by atoms with E-state index in [0.29, 0.717) is 12.1 Å². The maximum absolute atomic E-state index is 4.76. The first kappa shape index (κ1) is 11.2. The van der Waals surface area contributed by atoms with Crippen LogP contribution in [0.1, 0.15) is 36.8 Å². The van der Waals surface area contributed by atoms with E-state index in [9.17, 15) is 0 Å². The summed E-state index contributed by atoms with van der Waals surface area (Å²) < 4.78 is 2.29. The summed E-state index contributed by atoms with van der Waals surface area (Å²) in [5, 5.41) is 8.22. The minimum atomic E-state index is 0.597. The summed E-state index contributed by atoms with van der Waals surface area (Å²) in [6, 6.07) is 1.26. The minimum absolute atomic E-state index is 0.597. The molecule has 2 aliphatic heterocycles. The van der Waals surface area contributed by atoms with E-state index >= 15 is 0 Å². The van der Waals surface area contributed by atoms with Crippen LogP contribution in [0.15, 0.2) is 0 Å². The smallest absolute Gasteiger partial charge is 0.0776 e. The molecule has 1 N–H and O–H groups in total. The standard InChI is InChI=1S/C13H22N4/c1-9(2)16-7-11(8-16)17-13-6-14-5-4-12(13)10(3)15-17/h9,11,14H,4-8H2,1-3H3. The van der Waals surface area contributed by atoms with Crippen molar-refractivity contribution in [1.82, 2.24) is 20.0 Å². The molecule has 0 amide bonds. The van der Waals surface area contributed by atoms with Crippen molar-refractivity contribution in [2.24, 2.45) is 0 Å². The molecule has 3 heterocycles. The van der Waals surface area contributed by atoms with E-state index in [1.807, 2.05) is 0 Å². The zero-order valence-electron chi connectivity index (χ0n) is 11.0. The van der Waals surface area contributed by atoms with Gasteiger partial charge in [-0.25, -0.2) is 0 Å². The summed E-state index contributed by atoms with van der Waals surface area (Å²) in [5.41, 5.74) is 4.17. The van der Waals surface area contributed by atoms with Gasteiger partial charge >= 0.3 is 0 Å². The number of fused-ring (bicyclic) bond motifs is 1. The van der Waals surface area contributed by atoms with E-state index in [2.05, 4.69) is 35.7 Å². The average Bonchev–Trinajstić information content (AvgIpc) is 2.55. The van der Waals surface area contributed by atoms with Gasteiger partial charge in [-0.15, -0.1) is 0 Å². The van der Waals surface area contributed by atoms with Crippen LogP contribution in [-0.2, 0) is 13.0 Å². The summed E-state index contributed by atoms with van der Waals surface area (Å²) in [4.78, 5) is 2.50. The normalized spacial score (nSPS) is 21.6. The number of likely N-dealkylation sites (tertiary alicyclic amines) is 1. The maximum atomic E-state index is 4.76. The summed E-state index contributed by atoms with van der Waals surface area (Å²) in [7, 11) is 0. The van der Waals surface area contributed by atoms with E-state index in [1.165, 1.54) is 17.0 Å².